The summed E-state index contributed by atoms with van der Waals surface area (Å²) in [6.45, 7) is 4.55. The highest BCUT2D eigenvalue weighted by atomic mass is 35.5. The molecule has 0 radical (unpaired) electrons. The van der Waals surface area contributed by atoms with Gasteiger partial charge in [0.05, 0.1) is 5.69 Å². The van der Waals surface area contributed by atoms with E-state index in [1.54, 1.807) is 12.1 Å². The van der Waals surface area contributed by atoms with Crippen molar-refractivity contribution < 1.29 is 4.39 Å². The Labute approximate surface area is 107 Å². The molecule has 0 aromatic heterocycles. The Hall–Kier alpha value is -0.760. The van der Waals surface area contributed by atoms with Crippen molar-refractivity contribution in [1.29, 1.82) is 0 Å². The van der Waals surface area contributed by atoms with Gasteiger partial charge in [-0.1, -0.05) is 31.9 Å². The van der Waals surface area contributed by atoms with Gasteiger partial charge in [0, 0.05) is 11.1 Å². The molecule has 94 valence electrons. The predicted molar refractivity (Wildman–Crippen MR) is 71.1 cm³/mol. The summed E-state index contributed by atoms with van der Waals surface area (Å²) in [4.78, 5) is 0. The first kappa shape index (κ1) is 12.7. The summed E-state index contributed by atoms with van der Waals surface area (Å²) in [7, 11) is 0. The van der Waals surface area contributed by atoms with Gasteiger partial charge < -0.3 is 5.32 Å². The molecule has 1 aliphatic rings. The number of benzene rings is 1. The first-order valence-electron chi connectivity index (χ1n) is 6.18. The Bertz CT molecular complexity index is 403. The van der Waals surface area contributed by atoms with Crippen molar-refractivity contribution in [3.05, 3.63) is 29.0 Å². The van der Waals surface area contributed by atoms with Gasteiger partial charge in [-0.15, -0.1) is 0 Å². The van der Waals surface area contributed by atoms with Crippen molar-refractivity contribution in [3.63, 3.8) is 0 Å². The standard InChI is InChI=1S/C14H19ClFN/c1-14(2)7-3-4-11(9-14)17-13-6-5-10(15)8-12(13)16/h5-6,8,11,17H,3-4,7,9H2,1-2H3. The van der Waals surface area contributed by atoms with Crippen LogP contribution in [0.15, 0.2) is 18.2 Å². The molecule has 1 atom stereocenters. The van der Waals surface area contributed by atoms with Crippen LogP contribution in [-0.4, -0.2) is 6.04 Å². The lowest BCUT2D eigenvalue weighted by molar-refractivity contribution is 0.229. The Morgan fingerprint density at radius 3 is 2.82 bits per heavy atom. The van der Waals surface area contributed by atoms with E-state index in [0.717, 1.165) is 12.8 Å². The van der Waals surface area contributed by atoms with E-state index in [4.69, 9.17) is 11.6 Å². The predicted octanol–water partition coefficient (Wildman–Crippen LogP) is 4.86. The van der Waals surface area contributed by atoms with E-state index in [9.17, 15) is 4.39 Å². The number of hydrogen-bond donors (Lipinski definition) is 1. The SMILES string of the molecule is CC1(C)CCCC(Nc2ccc(Cl)cc2F)C1. The van der Waals surface area contributed by atoms with Crippen LogP contribution < -0.4 is 5.32 Å². The van der Waals surface area contributed by atoms with Crippen molar-refractivity contribution in [2.45, 2.75) is 45.6 Å². The molecule has 1 aliphatic carbocycles. The summed E-state index contributed by atoms with van der Waals surface area (Å²) in [6.07, 6.45) is 4.68. The lowest BCUT2D eigenvalue weighted by Gasteiger charge is -2.36. The molecular weight excluding hydrogens is 237 g/mol. The minimum absolute atomic E-state index is 0.263. The van der Waals surface area contributed by atoms with E-state index in [1.807, 2.05) is 0 Å². The van der Waals surface area contributed by atoms with Crippen LogP contribution >= 0.6 is 11.6 Å². The van der Waals surface area contributed by atoms with Crippen LogP contribution in [0.3, 0.4) is 0 Å². The third kappa shape index (κ3) is 3.35. The zero-order valence-corrected chi connectivity index (χ0v) is 11.1. The number of anilines is 1. The molecule has 0 bridgehead atoms. The van der Waals surface area contributed by atoms with Gasteiger partial charge in [-0.05, 0) is 42.9 Å². The van der Waals surface area contributed by atoms with Crippen molar-refractivity contribution in [1.82, 2.24) is 0 Å². The van der Waals surface area contributed by atoms with E-state index in [-0.39, 0.29) is 5.82 Å². The topological polar surface area (TPSA) is 12.0 Å². The average molecular weight is 256 g/mol. The smallest absolute Gasteiger partial charge is 0.147 e. The van der Waals surface area contributed by atoms with Crippen LogP contribution in [0.2, 0.25) is 5.02 Å². The molecule has 3 heteroatoms. The van der Waals surface area contributed by atoms with Crippen LogP contribution in [0.4, 0.5) is 10.1 Å². The summed E-state index contributed by atoms with van der Waals surface area (Å²) in [5, 5.41) is 3.74. The molecule has 0 saturated heterocycles. The van der Waals surface area contributed by atoms with Crippen LogP contribution in [-0.2, 0) is 0 Å². The fourth-order valence-electron chi connectivity index (χ4n) is 2.65. The molecule has 1 saturated carbocycles. The van der Waals surface area contributed by atoms with Crippen LogP contribution in [0.25, 0.3) is 0 Å². The lowest BCUT2D eigenvalue weighted by atomic mass is 9.75. The van der Waals surface area contributed by atoms with E-state index in [1.165, 1.54) is 18.9 Å². The third-order valence-corrected chi connectivity index (χ3v) is 3.73. The van der Waals surface area contributed by atoms with Gasteiger partial charge in [0.1, 0.15) is 5.82 Å². The zero-order chi connectivity index (χ0) is 12.5. The Morgan fingerprint density at radius 2 is 2.18 bits per heavy atom. The van der Waals surface area contributed by atoms with E-state index >= 15 is 0 Å². The molecule has 1 nitrogen and oxygen atoms in total. The molecule has 1 aromatic rings. The van der Waals surface area contributed by atoms with Gasteiger partial charge in [-0.25, -0.2) is 4.39 Å². The maximum atomic E-state index is 13.7. The molecule has 0 aliphatic heterocycles. The Kier molecular flexibility index (Phi) is 3.62. The number of nitrogens with one attached hydrogen (secondary N) is 1. The highest BCUT2D eigenvalue weighted by Gasteiger charge is 2.28. The normalized spacial score (nSPS) is 23.4. The van der Waals surface area contributed by atoms with E-state index in [2.05, 4.69) is 19.2 Å². The summed E-state index contributed by atoms with van der Waals surface area (Å²) >= 11 is 5.74. The second kappa shape index (κ2) is 4.85. The summed E-state index contributed by atoms with van der Waals surface area (Å²) in [6, 6.07) is 5.17. The first-order valence-corrected chi connectivity index (χ1v) is 6.56. The second-order valence-electron chi connectivity index (χ2n) is 5.73. The van der Waals surface area contributed by atoms with Crippen molar-refractivity contribution in [3.8, 4) is 0 Å². The van der Waals surface area contributed by atoms with Crippen molar-refractivity contribution in [2.75, 3.05) is 5.32 Å². The van der Waals surface area contributed by atoms with Crippen LogP contribution in [0, 0.1) is 11.2 Å². The molecule has 17 heavy (non-hydrogen) atoms. The monoisotopic (exact) mass is 255 g/mol. The summed E-state index contributed by atoms with van der Waals surface area (Å²) in [5.41, 5.74) is 0.927. The highest BCUT2D eigenvalue weighted by molar-refractivity contribution is 6.30. The maximum Gasteiger partial charge on any atom is 0.147 e. The lowest BCUT2D eigenvalue weighted by Crippen LogP contribution is -2.32. The number of rotatable bonds is 2. The minimum atomic E-state index is -0.263. The first-order chi connectivity index (χ1) is 7.96. The molecule has 1 aromatic carbocycles. The van der Waals surface area contributed by atoms with Gasteiger partial charge in [0.25, 0.3) is 0 Å². The molecule has 0 heterocycles. The molecule has 0 amide bonds. The zero-order valence-electron chi connectivity index (χ0n) is 10.4. The van der Waals surface area contributed by atoms with Gasteiger partial charge in [-0.3, -0.25) is 0 Å². The number of halogens is 2. The second-order valence-corrected chi connectivity index (χ2v) is 6.16. The highest BCUT2D eigenvalue weighted by Crippen LogP contribution is 2.36. The molecular formula is C14H19ClFN. The van der Waals surface area contributed by atoms with Gasteiger partial charge in [0.15, 0.2) is 0 Å². The van der Waals surface area contributed by atoms with Gasteiger partial charge in [-0.2, -0.15) is 0 Å². The van der Waals surface area contributed by atoms with E-state index in [0.29, 0.717) is 22.2 Å². The fourth-order valence-corrected chi connectivity index (χ4v) is 2.81. The molecule has 2 rings (SSSR count). The summed E-state index contributed by atoms with van der Waals surface area (Å²) < 4.78 is 13.7. The minimum Gasteiger partial charge on any atom is -0.380 e. The largest absolute Gasteiger partial charge is 0.380 e. The fraction of sp³-hybridized carbons (Fsp3) is 0.571. The maximum absolute atomic E-state index is 13.7. The molecule has 0 spiro atoms. The Balaban J connectivity index is 2.05. The van der Waals surface area contributed by atoms with Crippen molar-refractivity contribution >= 4 is 17.3 Å². The van der Waals surface area contributed by atoms with Crippen LogP contribution in [0.1, 0.15) is 39.5 Å². The third-order valence-electron chi connectivity index (χ3n) is 3.50. The molecule has 1 unspecified atom stereocenters. The van der Waals surface area contributed by atoms with Crippen molar-refractivity contribution in [2.24, 2.45) is 5.41 Å². The summed E-state index contributed by atoms with van der Waals surface area (Å²) in [5.74, 6) is -0.263. The number of hydrogen-bond acceptors (Lipinski definition) is 1. The molecule has 1 N–H and O–H groups in total. The quantitative estimate of drug-likeness (QED) is 0.796. The van der Waals surface area contributed by atoms with Gasteiger partial charge >= 0.3 is 0 Å². The van der Waals surface area contributed by atoms with E-state index < -0.39 is 0 Å². The average Bonchev–Trinajstić information content (AvgIpc) is 2.21. The van der Waals surface area contributed by atoms with Gasteiger partial charge in [0.2, 0.25) is 0 Å². The Morgan fingerprint density at radius 1 is 1.41 bits per heavy atom. The molecule has 1 fully saturated rings. The van der Waals surface area contributed by atoms with Crippen LogP contribution in [0.5, 0.6) is 0 Å².